The monoisotopic (exact) mass is 326 g/mol. The van der Waals surface area contributed by atoms with Crippen LogP contribution >= 0.6 is 0 Å². The van der Waals surface area contributed by atoms with E-state index in [9.17, 15) is 4.79 Å². The van der Waals surface area contributed by atoms with E-state index < -0.39 is 0 Å². The average molecular weight is 327 g/mol. The fourth-order valence-corrected chi connectivity index (χ4v) is 4.68. The van der Waals surface area contributed by atoms with Gasteiger partial charge in [0.05, 0.1) is 0 Å². The smallest absolute Gasteiger partial charge is 0.137 e. The molecule has 1 heteroatoms. The summed E-state index contributed by atoms with van der Waals surface area (Å²) in [6.07, 6.45) is 16.5. The maximum Gasteiger partial charge on any atom is 0.137 e. The zero-order chi connectivity index (χ0) is 16.8. The maximum absolute atomic E-state index is 11.6. The van der Waals surface area contributed by atoms with Gasteiger partial charge < -0.3 is 0 Å². The van der Waals surface area contributed by atoms with E-state index in [0.29, 0.717) is 12.2 Å². The number of fused-ring (bicyclic) bond motifs is 1. The lowest BCUT2D eigenvalue weighted by molar-refractivity contribution is -0.118. The van der Waals surface area contributed by atoms with Gasteiger partial charge in [0.2, 0.25) is 0 Å². The van der Waals surface area contributed by atoms with Crippen molar-refractivity contribution in [3.05, 3.63) is 34.9 Å². The number of benzene rings is 1. The maximum atomic E-state index is 11.6. The van der Waals surface area contributed by atoms with Gasteiger partial charge in [-0.15, -0.1) is 0 Å². The molecule has 1 nitrogen and oxygen atoms in total. The number of hydrogen-bond donors (Lipinski definition) is 0. The van der Waals surface area contributed by atoms with Gasteiger partial charge in [-0.1, -0.05) is 76.5 Å². The van der Waals surface area contributed by atoms with Crippen molar-refractivity contribution in [3.8, 4) is 0 Å². The molecular formula is C23H34O. The Hall–Kier alpha value is -1.11. The van der Waals surface area contributed by atoms with Gasteiger partial charge >= 0.3 is 0 Å². The Bertz CT molecular complexity index is 537. The Kier molecular flexibility index (Phi) is 6.51. The SMILES string of the molecule is CCCCCC1CCC(CCc2ccc3c(c2)CCC(=O)C3)CC1. The van der Waals surface area contributed by atoms with Crippen LogP contribution in [0.3, 0.4) is 0 Å². The van der Waals surface area contributed by atoms with Crippen molar-refractivity contribution in [2.45, 2.75) is 90.4 Å². The molecule has 0 bridgehead atoms. The number of carbonyl (C=O) groups is 1. The number of unbranched alkanes of at least 4 members (excludes halogenated alkanes) is 2. The van der Waals surface area contributed by atoms with Crippen molar-refractivity contribution in [3.63, 3.8) is 0 Å². The Morgan fingerprint density at radius 1 is 0.917 bits per heavy atom. The molecule has 1 fully saturated rings. The second-order valence-electron chi connectivity index (χ2n) is 8.24. The van der Waals surface area contributed by atoms with Crippen LogP contribution in [-0.2, 0) is 24.1 Å². The molecule has 0 spiro atoms. The Labute approximate surface area is 148 Å². The molecule has 132 valence electrons. The van der Waals surface area contributed by atoms with Crippen LogP contribution in [0, 0.1) is 11.8 Å². The second kappa shape index (κ2) is 8.83. The van der Waals surface area contributed by atoms with Crippen LogP contribution in [0.4, 0.5) is 0 Å². The van der Waals surface area contributed by atoms with E-state index >= 15 is 0 Å². The quantitative estimate of drug-likeness (QED) is 0.556. The molecule has 0 amide bonds. The van der Waals surface area contributed by atoms with Crippen molar-refractivity contribution in [1.29, 1.82) is 0 Å². The summed E-state index contributed by atoms with van der Waals surface area (Å²) in [4.78, 5) is 11.6. The van der Waals surface area contributed by atoms with E-state index in [-0.39, 0.29) is 0 Å². The minimum Gasteiger partial charge on any atom is -0.299 e. The summed E-state index contributed by atoms with van der Waals surface area (Å²) in [7, 11) is 0. The summed E-state index contributed by atoms with van der Waals surface area (Å²) in [6.45, 7) is 2.30. The van der Waals surface area contributed by atoms with Gasteiger partial charge in [0.15, 0.2) is 0 Å². The molecule has 0 aliphatic heterocycles. The molecule has 2 aliphatic carbocycles. The molecule has 0 atom stereocenters. The Morgan fingerprint density at radius 2 is 1.67 bits per heavy atom. The van der Waals surface area contributed by atoms with Crippen LogP contribution in [0.25, 0.3) is 0 Å². The van der Waals surface area contributed by atoms with Gasteiger partial charge in [0.1, 0.15) is 5.78 Å². The zero-order valence-electron chi connectivity index (χ0n) is 15.5. The van der Waals surface area contributed by atoms with Crippen molar-refractivity contribution in [2.24, 2.45) is 11.8 Å². The van der Waals surface area contributed by atoms with Crippen LogP contribution in [0.1, 0.15) is 87.8 Å². The zero-order valence-corrected chi connectivity index (χ0v) is 15.5. The minimum absolute atomic E-state index is 0.408. The number of carbonyl (C=O) groups excluding carboxylic acids is 1. The third-order valence-corrected chi connectivity index (χ3v) is 6.35. The van der Waals surface area contributed by atoms with Gasteiger partial charge in [-0.3, -0.25) is 4.79 Å². The van der Waals surface area contributed by atoms with Gasteiger partial charge in [-0.2, -0.15) is 0 Å². The fourth-order valence-electron chi connectivity index (χ4n) is 4.68. The number of rotatable bonds is 7. The van der Waals surface area contributed by atoms with Gasteiger partial charge in [0.25, 0.3) is 0 Å². The first-order chi connectivity index (χ1) is 11.7. The van der Waals surface area contributed by atoms with Crippen LogP contribution in [-0.4, -0.2) is 5.78 Å². The first kappa shape index (κ1) is 17.7. The fraction of sp³-hybridized carbons (Fsp3) is 0.696. The summed E-state index contributed by atoms with van der Waals surface area (Å²) >= 11 is 0. The Balaban J connectivity index is 1.41. The standard InChI is InChI=1S/C23H34O/c1-2-3-4-5-18-6-8-19(9-7-18)10-11-20-12-13-22-17-23(24)15-14-21(22)16-20/h12-13,16,18-19H,2-11,14-15,17H2,1H3. The highest BCUT2D eigenvalue weighted by molar-refractivity contribution is 5.83. The van der Waals surface area contributed by atoms with E-state index in [1.807, 2.05) is 0 Å². The third kappa shape index (κ3) is 4.94. The topological polar surface area (TPSA) is 17.1 Å². The molecule has 1 aromatic rings. The molecule has 1 saturated carbocycles. The first-order valence-corrected chi connectivity index (χ1v) is 10.4. The molecule has 24 heavy (non-hydrogen) atoms. The lowest BCUT2D eigenvalue weighted by Gasteiger charge is -2.28. The summed E-state index contributed by atoms with van der Waals surface area (Å²) in [5, 5.41) is 0. The highest BCUT2D eigenvalue weighted by Crippen LogP contribution is 2.34. The summed E-state index contributed by atoms with van der Waals surface area (Å²) < 4.78 is 0. The highest BCUT2D eigenvalue weighted by atomic mass is 16.1. The number of Topliss-reactive ketones (excluding diaryl/α,β-unsaturated/α-hetero) is 1. The molecule has 0 unspecified atom stereocenters. The summed E-state index contributed by atoms with van der Waals surface area (Å²) in [5.74, 6) is 2.38. The molecule has 0 radical (unpaired) electrons. The lowest BCUT2D eigenvalue weighted by Crippen LogP contribution is -2.16. The van der Waals surface area contributed by atoms with E-state index in [1.165, 1.54) is 80.9 Å². The molecule has 0 N–H and O–H groups in total. The van der Waals surface area contributed by atoms with Crippen molar-refractivity contribution in [2.75, 3.05) is 0 Å². The third-order valence-electron chi connectivity index (χ3n) is 6.35. The molecule has 1 aromatic carbocycles. The molecule has 3 rings (SSSR count). The molecule has 0 heterocycles. The molecule has 0 saturated heterocycles. The van der Waals surface area contributed by atoms with E-state index in [1.54, 1.807) is 0 Å². The van der Waals surface area contributed by atoms with E-state index in [2.05, 4.69) is 25.1 Å². The van der Waals surface area contributed by atoms with Gasteiger partial charge in [-0.05, 0) is 47.8 Å². The normalized spacial score (nSPS) is 24.0. The summed E-state index contributed by atoms with van der Waals surface area (Å²) in [6, 6.07) is 6.87. The number of hydrogen-bond acceptors (Lipinski definition) is 1. The van der Waals surface area contributed by atoms with Crippen molar-refractivity contribution < 1.29 is 4.79 Å². The van der Waals surface area contributed by atoms with Crippen LogP contribution in [0.15, 0.2) is 18.2 Å². The second-order valence-corrected chi connectivity index (χ2v) is 8.24. The van der Waals surface area contributed by atoms with Crippen LogP contribution < -0.4 is 0 Å². The van der Waals surface area contributed by atoms with Crippen LogP contribution in [0.2, 0.25) is 0 Å². The predicted octanol–water partition coefficient (Wildman–Crippen LogP) is 6.06. The van der Waals surface area contributed by atoms with Crippen LogP contribution in [0.5, 0.6) is 0 Å². The van der Waals surface area contributed by atoms with E-state index in [4.69, 9.17) is 0 Å². The van der Waals surface area contributed by atoms with Crippen molar-refractivity contribution in [1.82, 2.24) is 0 Å². The predicted molar refractivity (Wildman–Crippen MR) is 101 cm³/mol. The molecular weight excluding hydrogens is 292 g/mol. The summed E-state index contributed by atoms with van der Waals surface area (Å²) in [5.41, 5.74) is 4.21. The highest BCUT2D eigenvalue weighted by Gasteiger charge is 2.21. The van der Waals surface area contributed by atoms with E-state index in [0.717, 1.165) is 24.7 Å². The first-order valence-electron chi connectivity index (χ1n) is 10.4. The Morgan fingerprint density at radius 3 is 2.42 bits per heavy atom. The number of aryl methyl sites for hydroxylation is 2. The minimum atomic E-state index is 0.408. The molecule has 0 aromatic heterocycles. The van der Waals surface area contributed by atoms with Crippen molar-refractivity contribution >= 4 is 5.78 Å². The number of ketones is 1. The van der Waals surface area contributed by atoms with Gasteiger partial charge in [-0.25, -0.2) is 0 Å². The van der Waals surface area contributed by atoms with Gasteiger partial charge in [0, 0.05) is 12.8 Å². The largest absolute Gasteiger partial charge is 0.299 e. The average Bonchev–Trinajstić information content (AvgIpc) is 2.61. The molecule has 2 aliphatic rings. The lowest BCUT2D eigenvalue weighted by atomic mass is 9.77.